The van der Waals surface area contributed by atoms with Crippen molar-refractivity contribution in [1.29, 1.82) is 0 Å². The maximum atomic E-state index is 13.0. The second-order valence-electron chi connectivity index (χ2n) is 10.4. The highest BCUT2D eigenvalue weighted by atomic mass is 32.1. The predicted octanol–water partition coefficient (Wildman–Crippen LogP) is 3.86. The van der Waals surface area contributed by atoms with E-state index in [4.69, 9.17) is 9.47 Å². The maximum absolute atomic E-state index is 13.0. The first-order valence-corrected chi connectivity index (χ1v) is 13.1. The minimum absolute atomic E-state index is 0.0492. The van der Waals surface area contributed by atoms with Gasteiger partial charge in [-0.1, -0.05) is 13.8 Å². The Morgan fingerprint density at radius 2 is 1.68 bits per heavy atom. The van der Waals surface area contributed by atoms with Crippen molar-refractivity contribution in [3.05, 3.63) is 16.5 Å². The summed E-state index contributed by atoms with van der Waals surface area (Å²) in [6, 6.07) is 1.72. The van der Waals surface area contributed by atoms with Gasteiger partial charge < -0.3 is 20.1 Å². The Kier molecular flexibility index (Phi) is 7.31. The summed E-state index contributed by atoms with van der Waals surface area (Å²) in [5.41, 5.74) is -0.0403. The number of esters is 2. The molecular weight excluding hydrogens is 456 g/mol. The third kappa shape index (κ3) is 5.29. The van der Waals surface area contributed by atoms with E-state index in [2.05, 4.69) is 10.6 Å². The zero-order chi connectivity index (χ0) is 24.5. The Hall–Kier alpha value is -2.42. The van der Waals surface area contributed by atoms with Crippen LogP contribution in [-0.4, -0.2) is 43.5 Å². The first-order valence-electron chi connectivity index (χ1n) is 12.2. The number of carbonyl (C=O) groups excluding carboxylic acids is 4. The zero-order valence-electron chi connectivity index (χ0n) is 20.1. The Morgan fingerprint density at radius 1 is 1.06 bits per heavy atom. The standard InChI is InChI=1S/C25H34N2O6S/c1-4-32-23(30)18-8-19(14(2)3)34-22(18)27-20(28)13-33-21(29)12-26-24(31)25-9-15-5-16(10-25)7-17(6-15)11-25/h8,14-17H,4-7,9-13H2,1-3H3,(H,26,31)(H,27,28). The van der Waals surface area contributed by atoms with Crippen LogP contribution < -0.4 is 10.6 Å². The van der Waals surface area contributed by atoms with E-state index in [9.17, 15) is 19.2 Å². The number of thiophene rings is 1. The minimum atomic E-state index is -0.659. The van der Waals surface area contributed by atoms with E-state index < -0.39 is 24.5 Å². The molecule has 4 bridgehead atoms. The van der Waals surface area contributed by atoms with Crippen molar-refractivity contribution >= 4 is 40.1 Å². The highest BCUT2D eigenvalue weighted by Crippen LogP contribution is 2.60. The molecule has 0 saturated heterocycles. The lowest BCUT2D eigenvalue weighted by molar-refractivity contribution is -0.152. The fraction of sp³-hybridized carbons (Fsp3) is 0.680. The molecule has 34 heavy (non-hydrogen) atoms. The van der Waals surface area contributed by atoms with Gasteiger partial charge in [-0.15, -0.1) is 11.3 Å². The van der Waals surface area contributed by atoms with Crippen molar-refractivity contribution in [2.75, 3.05) is 25.1 Å². The molecule has 1 heterocycles. The van der Waals surface area contributed by atoms with Crippen molar-refractivity contribution < 1.29 is 28.7 Å². The minimum Gasteiger partial charge on any atom is -0.462 e. The number of hydrogen-bond donors (Lipinski definition) is 2. The summed E-state index contributed by atoms with van der Waals surface area (Å²) in [4.78, 5) is 50.7. The van der Waals surface area contributed by atoms with Gasteiger partial charge in [-0.05, 0) is 75.2 Å². The molecule has 0 aromatic carbocycles. The zero-order valence-corrected chi connectivity index (χ0v) is 20.9. The summed E-state index contributed by atoms with van der Waals surface area (Å²) in [7, 11) is 0. The molecule has 4 aliphatic carbocycles. The summed E-state index contributed by atoms with van der Waals surface area (Å²) < 4.78 is 10.1. The van der Waals surface area contributed by atoms with Crippen LogP contribution in [0.3, 0.4) is 0 Å². The molecule has 2 N–H and O–H groups in total. The van der Waals surface area contributed by atoms with Crippen LogP contribution in [0.15, 0.2) is 6.07 Å². The number of nitrogens with one attached hydrogen (secondary N) is 2. The van der Waals surface area contributed by atoms with Gasteiger partial charge in [0.25, 0.3) is 5.91 Å². The van der Waals surface area contributed by atoms with Crippen LogP contribution in [-0.2, 0) is 23.9 Å². The Bertz CT molecular complexity index is 933. The second-order valence-corrected chi connectivity index (χ2v) is 11.4. The monoisotopic (exact) mass is 490 g/mol. The van der Waals surface area contributed by atoms with Crippen molar-refractivity contribution in [2.24, 2.45) is 23.2 Å². The first-order chi connectivity index (χ1) is 16.2. The van der Waals surface area contributed by atoms with Crippen molar-refractivity contribution in [1.82, 2.24) is 5.32 Å². The molecule has 4 saturated carbocycles. The lowest BCUT2D eigenvalue weighted by Gasteiger charge is -2.55. The van der Waals surface area contributed by atoms with E-state index in [-0.39, 0.29) is 36.0 Å². The van der Waals surface area contributed by atoms with Crippen LogP contribution in [0.2, 0.25) is 0 Å². The number of anilines is 1. The van der Waals surface area contributed by atoms with Crippen LogP contribution in [0.1, 0.15) is 80.4 Å². The van der Waals surface area contributed by atoms with Gasteiger partial charge in [0.1, 0.15) is 11.5 Å². The average molecular weight is 491 g/mol. The molecule has 0 unspecified atom stereocenters. The van der Waals surface area contributed by atoms with Gasteiger partial charge in [0, 0.05) is 10.3 Å². The largest absolute Gasteiger partial charge is 0.462 e. The van der Waals surface area contributed by atoms with Gasteiger partial charge in [-0.25, -0.2) is 4.79 Å². The van der Waals surface area contributed by atoms with Crippen LogP contribution in [0.5, 0.6) is 0 Å². The molecule has 0 spiro atoms. The van der Waals surface area contributed by atoms with Crippen molar-refractivity contribution in [3.8, 4) is 0 Å². The molecular formula is C25H34N2O6S. The van der Waals surface area contributed by atoms with Crippen LogP contribution in [0.25, 0.3) is 0 Å². The number of hydrogen-bond acceptors (Lipinski definition) is 7. The average Bonchev–Trinajstić information content (AvgIpc) is 3.19. The number of amides is 2. The normalized spacial score (nSPS) is 26.9. The topological polar surface area (TPSA) is 111 Å². The number of rotatable bonds is 9. The summed E-state index contributed by atoms with van der Waals surface area (Å²) in [6.07, 6.45) is 6.48. The van der Waals surface area contributed by atoms with E-state index in [0.717, 1.165) is 24.1 Å². The van der Waals surface area contributed by atoms with Crippen molar-refractivity contribution in [2.45, 2.75) is 65.2 Å². The third-order valence-corrected chi connectivity index (χ3v) is 8.70. The molecule has 9 heteroatoms. The van der Waals surface area contributed by atoms with Gasteiger partial charge in [-0.2, -0.15) is 0 Å². The SMILES string of the molecule is CCOC(=O)c1cc(C(C)C)sc1NC(=O)COC(=O)CNC(=O)C12CC3CC(CC(C3)C1)C2. The third-order valence-electron chi connectivity index (χ3n) is 7.35. The molecule has 4 aliphatic rings. The van der Waals surface area contributed by atoms with E-state index in [1.165, 1.54) is 30.6 Å². The van der Waals surface area contributed by atoms with Crippen LogP contribution >= 0.6 is 11.3 Å². The number of carbonyl (C=O) groups is 4. The van der Waals surface area contributed by atoms with Gasteiger partial charge >= 0.3 is 11.9 Å². The summed E-state index contributed by atoms with van der Waals surface area (Å²) in [5.74, 6) is 0.328. The second kappa shape index (κ2) is 10.1. The lowest BCUT2D eigenvalue weighted by atomic mass is 9.49. The van der Waals surface area contributed by atoms with E-state index in [1.807, 2.05) is 13.8 Å². The molecule has 8 nitrogen and oxygen atoms in total. The smallest absolute Gasteiger partial charge is 0.341 e. The van der Waals surface area contributed by atoms with E-state index >= 15 is 0 Å². The fourth-order valence-electron chi connectivity index (χ4n) is 6.24. The summed E-state index contributed by atoms with van der Waals surface area (Å²) in [6.45, 7) is 5.18. The molecule has 5 rings (SSSR count). The molecule has 2 amide bonds. The number of ether oxygens (including phenoxy) is 2. The first kappa shape index (κ1) is 24.7. The van der Waals surface area contributed by atoms with E-state index in [1.54, 1.807) is 13.0 Å². The maximum Gasteiger partial charge on any atom is 0.341 e. The quantitative estimate of drug-likeness (QED) is 0.509. The molecule has 4 fully saturated rings. The van der Waals surface area contributed by atoms with Gasteiger partial charge in [0.15, 0.2) is 6.61 Å². The van der Waals surface area contributed by atoms with Gasteiger partial charge in [-0.3, -0.25) is 14.4 Å². The highest BCUT2D eigenvalue weighted by Gasteiger charge is 2.54. The Labute approximate surface area is 204 Å². The fourth-order valence-corrected chi connectivity index (χ4v) is 7.30. The molecule has 1 aromatic rings. The summed E-state index contributed by atoms with van der Waals surface area (Å²) in [5, 5.41) is 5.78. The summed E-state index contributed by atoms with van der Waals surface area (Å²) >= 11 is 1.30. The Balaban J connectivity index is 1.26. The van der Waals surface area contributed by atoms with Crippen molar-refractivity contribution in [3.63, 3.8) is 0 Å². The van der Waals surface area contributed by atoms with Gasteiger partial charge in [0.05, 0.1) is 12.2 Å². The van der Waals surface area contributed by atoms with Gasteiger partial charge in [0.2, 0.25) is 5.91 Å². The van der Waals surface area contributed by atoms with Crippen LogP contribution in [0, 0.1) is 23.2 Å². The molecule has 0 aliphatic heterocycles. The molecule has 0 radical (unpaired) electrons. The van der Waals surface area contributed by atoms with E-state index in [0.29, 0.717) is 22.8 Å². The molecule has 1 aromatic heterocycles. The lowest BCUT2D eigenvalue weighted by Crippen LogP contribution is -2.54. The Morgan fingerprint density at radius 3 is 2.24 bits per heavy atom. The molecule has 186 valence electrons. The molecule has 0 atom stereocenters. The predicted molar refractivity (Wildman–Crippen MR) is 128 cm³/mol. The van der Waals surface area contributed by atoms with Crippen LogP contribution in [0.4, 0.5) is 5.00 Å². The highest BCUT2D eigenvalue weighted by molar-refractivity contribution is 7.16.